The molecule has 0 fully saturated rings. The highest BCUT2D eigenvalue weighted by molar-refractivity contribution is 5.44. The van der Waals surface area contributed by atoms with Gasteiger partial charge in [0.05, 0.1) is 0 Å². The number of pyridine rings is 1. The molecule has 0 radical (unpaired) electrons. The Kier molecular flexibility index (Phi) is 3.71. The first kappa shape index (κ1) is 9.99. The first-order valence-corrected chi connectivity index (χ1v) is 4.68. The fraction of sp³-hybridized carbons (Fsp3) is 0.500. The van der Waals surface area contributed by atoms with Gasteiger partial charge in [-0.2, -0.15) is 0 Å². The van der Waals surface area contributed by atoms with Gasteiger partial charge in [0.15, 0.2) is 0 Å². The van der Waals surface area contributed by atoms with Crippen LogP contribution in [-0.2, 0) is 6.42 Å². The molecule has 0 aromatic carbocycles. The Hall–Kier alpha value is -1.09. The minimum Gasteiger partial charge on any atom is -0.398 e. The van der Waals surface area contributed by atoms with Gasteiger partial charge in [-0.1, -0.05) is 13.3 Å². The maximum atomic E-state index is 5.90. The molecule has 0 aliphatic heterocycles. The summed E-state index contributed by atoms with van der Waals surface area (Å²) in [5.41, 5.74) is 13.5. The second-order valence-corrected chi connectivity index (χ2v) is 3.33. The molecule has 0 saturated carbocycles. The summed E-state index contributed by atoms with van der Waals surface area (Å²) in [5, 5.41) is 0. The molecule has 13 heavy (non-hydrogen) atoms. The molecule has 72 valence electrons. The van der Waals surface area contributed by atoms with Crippen LogP contribution < -0.4 is 11.5 Å². The van der Waals surface area contributed by atoms with E-state index < -0.39 is 0 Å². The normalized spacial score (nSPS) is 12.8. The molecular formula is C10H17N3. The van der Waals surface area contributed by atoms with Crippen molar-refractivity contribution in [2.75, 3.05) is 5.73 Å². The third-order valence-corrected chi connectivity index (χ3v) is 2.08. The topological polar surface area (TPSA) is 64.9 Å². The van der Waals surface area contributed by atoms with Crippen LogP contribution >= 0.6 is 0 Å². The Balaban J connectivity index is 2.58. The smallest absolute Gasteiger partial charge is 0.0378 e. The molecule has 0 aliphatic rings. The Morgan fingerprint density at radius 3 is 2.92 bits per heavy atom. The predicted molar refractivity (Wildman–Crippen MR) is 55.2 cm³/mol. The highest BCUT2D eigenvalue weighted by Gasteiger charge is 2.05. The lowest BCUT2D eigenvalue weighted by Gasteiger charge is -2.11. The standard InChI is InChI=1S/C10H17N3/c1-2-3-9(11)6-8-7-13-5-4-10(8)12/h4-5,7,9H,2-3,6,11H2,1H3,(H2,12,13). The molecule has 3 nitrogen and oxygen atoms in total. The summed E-state index contributed by atoms with van der Waals surface area (Å²) in [6.45, 7) is 2.13. The van der Waals surface area contributed by atoms with Crippen LogP contribution in [0, 0.1) is 0 Å². The summed E-state index contributed by atoms with van der Waals surface area (Å²) in [7, 11) is 0. The van der Waals surface area contributed by atoms with Crippen molar-refractivity contribution in [3.63, 3.8) is 0 Å². The van der Waals surface area contributed by atoms with Crippen LogP contribution in [0.2, 0.25) is 0 Å². The van der Waals surface area contributed by atoms with Gasteiger partial charge in [0, 0.05) is 24.1 Å². The van der Waals surface area contributed by atoms with Crippen molar-refractivity contribution in [3.05, 3.63) is 24.0 Å². The van der Waals surface area contributed by atoms with Crippen LogP contribution in [0.25, 0.3) is 0 Å². The van der Waals surface area contributed by atoms with E-state index in [1.54, 1.807) is 12.4 Å². The van der Waals surface area contributed by atoms with Gasteiger partial charge in [-0.15, -0.1) is 0 Å². The van der Waals surface area contributed by atoms with Crippen LogP contribution in [0.1, 0.15) is 25.3 Å². The van der Waals surface area contributed by atoms with Gasteiger partial charge in [0.2, 0.25) is 0 Å². The van der Waals surface area contributed by atoms with Crippen LogP contribution in [0.4, 0.5) is 5.69 Å². The van der Waals surface area contributed by atoms with Gasteiger partial charge < -0.3 is 11.5 Å². The Bertz CT molecular complexity index is 260. The van der Waals surface area contributed by atoms with Crippen molar-refractivity contribution in [2.45, 2.75) is 32.2 Å². The van der Waals surface area contributed by atoms with E-state index in [0.717, 1.165) is 30.5 Å². The Morgan fingerprint density at radius 2 is 2.31 bits per heavy atom. The van der Waals surface area contributed by atoms with E-state index in [9.17, 15) is 0 Å². The lowest BCUT2D eigenvalue weighted by Crippen LogP contribution is -2.22. The monoisotopic (exact) mass is 179 g/mol. The molecule has 1 atom stereocenters. The average Bonchev–Trinajstić information content (AvgIpc) is 2.09. The van der Waals surface area contributed by atoms with E-state index in [-0.39, 0.29) is 6.04 Å². The van der Waals surface area contributed by atoms with Crippen LogP contribution in [0.3, 0.4) is 0 Å². The molecule has 0 bridgehead atoms. The van der Waals surface area contributed by atoms with E-state index in [2.05, 4.69) is 11.9 Å². The number of nitrogen functional groups attached to an aromatic ring is 1. The third kappa shape index (κ3) is 3.03. The molecule has 1 rings (SSSR count). The van der Waals surface area contributed by atoms with Crippen molar-refractivity contribution < 1.29 is 0 Å². The minimum absolute atomic E-state index is 0.205. The Labute approximate surface area is 79.2 Å². The summed E-state index contributed by atoms with van der Waals surface area (Å²) in [4.78, 5) is 4.02. The number of hydrogen-bond acceptors (Lipinski definition) is 3. The van der Waals surface area contributed by atoms with Crippen molar-refractivity contribution in [3.8, 4) is 0 Å². The van der Waals surface area contributed by atoms with Crippen molar-refractivity contribution >= 4 is 5.69 Å². The van der Waals surface area contributed by atoms with Crippen LogP contribution in [0.5, 0.6) is 0 Å². The fourth-order valence-corrected chi connectivity index (χ4v) is 1.36. The first-order chi connectivity index (χ1) is 6.24. The van der Waals surface area contributed by atoms with Crippen LogP contribution in [0.15, 0.2) is 18.5 Å². The molecule has 3 heteroatoms. The molecule has 0 amide bonds. The fourth-order valence-electron chi connectivity index (χ4n) is 1.36. The molecule has 0 saturated heterocycles. The summed E-state index contributed by atoms with van der Waals surface area (Å²) in [6.07, 6.45) is 6.47. The molecule has 0 aliphatic carbocycles. The lowest BCUT2D eigenvalue weighted by molar-refractivity contribution is 0.600. The van der Waals surface area contributed by atoms with E-state index in [0.29, 0.717) is 0 Å². The van der Waals surface area contributed by atoms with Crippen LogP contribution in [-0.4, -0.2) is 11.0 Å². The van der Waals surface area contributed by atoms with Crippen molar-refractivity contribution in [1.29, 1.82) is 0 Å². The van der Waals surface area contributed by atoms with Gasteiger partial charge in [-0.3, -0.25) is 4.98 Å². The zero-order valence-corrected chi connectivity index (χ0v) is 8.03. The average molecular weight is 179 g/mol. The summed E-state index contributed by atoms with van der Waals surface area (Å²) in [6, 6.07) is 2.02. The van der Waals surface area contributed by atoms with Gasteiger partial charge in [0.25, 0.3) is 0 Å². The SMILES string of the molecule is CCCC(N)Cc1cnccc1N. The third-order valence-electron chi connectivity index (χ3n) is 2.08. The van der Waals surface area contributed by atoms with E-state index in [4.69, 9.17) is 11.5 Å². The summed E-state index contributed by atoms with van der Waals surface area (Å²) < 4.78 is 0. The quantitative estimate of drug-likeness (QED) is 0.733. The number of hydrogen-bond donors (Lipinski definition) is 2. The van der Waals surface area contributed by atoms with E-state index in [1.807, 2.05) is 6.07 Å². The maximum absolute atomic E-state index is 5.90. The number of aromatic nitrogens is 1. The molecular weight excluding hydrogens is 162 g/mol. The zero-order valence-electron chi connectivity index (χ0n) is 8.03. The van der Waals surface area contributed by atoms with Gasteiger partial charge in [-0.25, -0.2) is 0 Å². The molecule has 1 heterocycles. The maximum Gasteiger partial charge on any atom is 0.0378 e. The van der Waals surface area contributed by atoms with Gasteiger partial charge >= 0.3 is 0 Å². The van der Waals surface area contributed by atoms with E-state index >= 15 is 0 Å². The van der Waals surface area contributed by atoms with Gasteiger partial charge in [0.1, 0.15) is 0 Å². The van der Waals surface area contributed by atoms with Crippen molar-refractivity contribution in [2.24, 2.45) is 5.73 Å². The summed E-state index contributed by atoms with van der Waals surface area (Å²) >= 11 is 0. The second-order valence-electron chi connectivity index (χ2n) is 3.33. The number of nitrogens with zero attached hydrogens (tertiary/aromatic N) is 1. The summed E-state index contributed by atoms with van der Waals surface area (Å²) in [5.74, 6) is 0. The number of rotatable bonds is 4. The molecule has 4 N–H and O–H groups in total. The highest BCUT2D eigenvalue weighted by atomic mass is 14.7. The number of nitrogens with two attached hydrogens (primary N) is 2. The minimum atomic E-state index is 0.205. The first-order valence-electron chi connectivity index (χ1n) is 4.68. The molecule has 1 aromatic rings. The van der Waals surface area contributed by atoms with Gasteiger partial charge in [-0.05, 0) is 24.5 Å². The Morgan fingerprint density at radius 1 is 1.54 bits per heavy atom. The van der Waals surface area contributed by atoms with Crippen molar-refractivity contribution in [1.82, 2.24) is 4.98 Å². The predicted octanol–water partition coefficient (Wildman–Crippen LogP) is 1.33. The molecule has 1 aromatic heterocycles. The second kappa shape index (κ2) is 4.82. The number of anilines is 1. The zero-order chi connectivity index (χ0) is 9.68. The molecule has 0 spiro atoms. The largest absolute Gasteiger partial charge is 0.398 e. The van der Waals surface area contributed by atoms with E-state index in [1.165, 1.54) is 0 Å². The molecule has 1 unspecified atom stereocenters. The highest BCUT2D eigenvalue weighted by Crippen LogP contribution is 2.12. The lowest BCUT2D eigenvalue weighted by atomic mass is 10.0.